The lowest BCUT2D eigenvalue weighted by Gasteiger charge is -2.13. The molecule has 2 rings (SSSR count). The van der Waals surface area contributed by atoms with Crippen LogP contribution in [0.3, 0.4) is 0 Å². The summed E-state index contributed by atoms with van der Waals surface area (Å²) in [6.45, 7) is 1.81. The molecular weight excluding hydrogens is 190 g/mol. The normalized spacial score (nSPS) is 14.9. The zero-order chi connectivity index (χ0) is 10.8. The zero-order valence-electron chi connectivity index (χ0n) is 8.75. The first-order valence-electron chi connectivity index (χ1n) is 5.28. The monoisotopic (exact) mass is 203 g/mol. The first-order chi connectivity index (χ1) is 7.22. The van der Waals surface area contributed by atoms with Gasteiger partial charge in [0.2, 0.25) is 0 Å². The summed E-state index contributed by atoms with van der Waals surface area (Å²) in [5.41, 5.74) is 1.99. The van der Waals surface area contributed by atoms with Crippen molar-refractivity contribution in [3.8, 4) is 0 Å². The van der Waals surface area contributed by atoms with Crippen LogP contribution in [0.25, 0.3) is 0 Å². The van der Waals surface area contributed by atoms with Crippen molar-refractivity contribution in [1.29, 1.82) is 0 Å². The van der Waals surface area contributed by atoms with Gasteiger partial charge in [0, 0.05) is 18.4 Å². The van der Waals surface area contributed by atoms with Crippen LogP contribution < -0.4 is 0 Å². The molecule has 0 fully saturated rings. The smallest absolute Gasteiger partial charge is 0.180 e. The maximum atomic E-state index is 11.5. The maximum absolute atomic E-state index is 11.5. The highest BCUT2D eigenvalue weighted by molar-refractivity contribution is 5.99. The minimum Gasteiger partial charge on any atom is -0.294 e. The number of aryl methyl sites for hydroxylation is 1. The lowest BCUT2D eigenvalue weighted by molar-refractivity contribution is 0.0961. The number of hydrogen-bond acceptors (Lipinski definition) is 3. The molecule has 0 saturated carbocycles. The highest BCUT2D eigenvalue weighted by atomic mass is 16.1. The third kappa shape index (κ3) is 1.82. The van der Waals surface area contributed by atoms with Crippen LogP contribution in [0.2, 0.25) is 0 Å². The van der Waals surface area contributed by atoms with Crippen molar-refractivity contribution in [3.63, 3.8) is 0 Å². The summed E-state index contributed by atoms with van der Waals surface area (Å²) in [5.74, 6) is 0.190. The quantitative estimate of drug-likeness (QED) is 0.692. The van der Waals surface area contributed by atoms with E-state index in [1.807, 2.05) is 6.92 Å². The molecule has 0 spiro atoms. The van der Waals surface area contributed by atoms with E-state index >= 15 is 0 Å². The van der Waals surface area contributed by atoms with Gasteiger partial charge in [0.15, 0.2) is 11.6 Å². The average Bonchev–Trinajstić information content (AvgIpc) is 2.28. The van der Waals surface area contributed by atoms with Crippen LogP contribution in [-0.4, -0.2) is 16.6 Å². The van der Waals surface area contributed by atoms with Gasteiger partial charge in [0.05, 0.1) is 5.69 Å². The van der Waals surface area contributed by atoms with Crippen molar-refractivity contribution in [1.82, 2.24) is 4.98 Å². The van der Waals surface area contributed by atoms with Crippen LogP contribution in [0, 0.1) is 0 Å². The molecule has 1 heterocycles. The molecule has 1 aromatic rings. The number of carbonyl (C=O) groups excluding carboxylic acids is 2. The van der Waals surface area contributed by atoms with Crippen molar-refractivity contribution in [2.45, 2.75) is 32.6 Å². The van der Waals surface area contributed by atoms with Crippen LogP contribution in [0.5, 0.6) is 0 Å². The zero-order valence-corrected chi connectivity index (χ0v) is 8.75. The van der Waals surface area contributed by atoms with E-state index in [9.17, 15) is 9.59 Å². The largest absolute Gasteiger partial charge is 0.294 e. The molecule has 78 valence electrons. The first kappa shape index (κ1) is 10.0. The molecule has 1 aromatic heterocycles. The third-order valence-electron chi connectivity index (χ3n) is 2.70. The van der Waals surface area contributed by atoms with Gasteiger partial charge >= 0.3 is 0 Å². The van der Waals surface area contributed by atoms with Crippen LogP contribution >= 0.6 is 0 Å². The van der Waals surface area contributed by atoms with E-state index in [0.717, 1.165) is 18.5 Å². The lowest BCUT2D eigenvalue weighted by Crippen LogP contribution is -2.14. The SMILES string of the molecule is CCC(=O)c1ccc2c(n1)CCCC2=O. The molecule has 0 aromatic carbocycles. The van der Waals surface area contributed by atoms with Gasteiger partial charge in [0.25, 0.3) is 0 Å². The fourth-order valence-electron chi connectivity index (χ4n) is 1.83. The molecule has 0 unspecified atom stereocenters. The molecule has 0 bridgehead atoms. The average molecular weight is 203 g/mol. The third-order valence-corrected chi connectivity index (χ3v) is 2.70. The molecule has 0 atom stereocenters. The Labute approximate surface area is 88.5 Å². The fraction of sp³-hybridized carbons (Fsp3) is 0.417. The number of fused-ring (bicyclic) bond motifs is 1. The van der Waals surface area contributed by atoms with Gasteiger partial charge in [-0.15, -0.1) is 0 Å². The molecule has 0 saturated heterocycles. The topological polar surface area (TPSA) is 47.0 Å². The van der Waals surface area contributed by atoms with Gasteiger partial charge in [0.1, 0.15) is 5.69 Å². The van der Waals surface area contributed by atoms with Crippen molar-refractivity contribution >= 4 is 11.6 Å². The number of nitrogens with zero attached hydrogens (tertiary/aromatic N) is 1. The Hall–Kier alpha value is -1.51. The van der Waals surface area contributed by atoms with E-state index in [-0.39, 0.29) is 11.6 Å². The van der Waals surface area contributed by atoms with Gasteiger partial charge < -0.3 is 0 Å². The summed E-state index contributed by atoms with van der Waals surface area (Å²) < 4.78 is 0. The molecule has 1 aliphatic carbocycles. The number of carbonyl (C=O) groups is 2. The molecule has 3 nitrogen and oxygen atoms in total. The van der Waals surface area contributed by atoms with Gasteiger partial charge in [-0.25, -0.2) is 4.98 Å². The Morgan fingerprint density at radius 3 is 2.93 bits per heavy atom. The second-order valence-corrected chi connectivity index (χ2v) is 3.74. The summed E-state index contributed by atoms with van der Waals surface area (Å²) in [6, 6.07) is 3.40. The number of hydrogen-bond donors (Lipinski definition) is 0. The Morgan fingerprint density at radius 2 is 2.20 bits per heavy atom. The maximum Gasteiger partial charge on any atom is 0.180 e. The van der Waals surface area contributed by atoms with Crippen molar-refractivity contribution in [3.05, 3.63) is 29.1 Å². The minimum absolute atomic E-state index is 0.0378. The Bertz CT molecular complexity index is 424. The molecule has 3 heteroatoms. The van der Waals surface area contributed by atoms with Gasteiger partial charge in [-0.05, 0) is 25.0 Å². The summed E-state index contributed by atoms with van der Waals surface area (Å²) in [6.07, 6.45) is 2.73. The molecule has 0 N–H and O–H groups in total. The van der Waals surface area contributed by atoms with Gasteiger partial charge in [-0.2, -0.15) is 0 Å². The fourth-order valence-corrected chi connectivity index (χ4v) is 1.83. The summed E-state index contributed by atoms with van der Waals surface area (Å²) in [7, 11) is 0. The standard InChI is InChI=1S/C12H13NO2/c1-2-11(14)10-7-6-8-9(13-10)4-3-5-12(8)15/h6-7H,2-5H2,1H3. The van der Waals surface area contributed by atoms with Crippen LogP contribution in [0.1, 0.15) is 52.7 Å². The van der Waals surface area contributed by atoms with Crippen LogP contribution in [0.15, 0.2) is 12.1 Å². The van der Waals surface area contributed by atoms with Gasteiger partial charge in [-0.3, -0.25) is 9.59 Å². The number of ketones is 2. The minimum atomic E-state index is 0.0378. The van der Waals surface area contributed by atoms with E-state index < -0.39 is 0 Å². The molecule has 0 amide bonds. The van der Waals surface area contributed by atoms with E-state index in [2.05, 4.69) is 4.98 Å². The Morgan fingerprint density at radius 1 is 1.40 bits per heavy atom. The Kier molecular flexibility index (Phi) is 2.62. The molecule has 0 aliphatic heterocycles. The molecule has 1 aliphatic rings. The molecule has 15 heavy (non-hydrogen) atoms. The second-order valence-electron chi connectivity index (χ2n) is 3.74. The summed E-state index contributed by atoms with van der Waals surface area (Å²) >= 11 is 0. The molecule has 0 radical (unpaired) electrons. The van der Waals surface area contributed by atoms with Crippen molar-refractivity contribution in [2.24, 2.45) is 0 Å². The Balaban J connectivity index is 2.41. The highest BCUT2D eigenvalue weighted by Crippen LogP contribution is 2.20. The number of rotatable bonds is 2. The predicted octanol–water partition coefficient (Wildman–Crippen LogP) is 2.19. The highest BCUT2D eigenvalue weighted by Gasteiger charge is 2.19. The lowest BCUT2D eigenvalue weighted by atomic mass is 9.94. The van der Waals surface area contributed by atoms with Crippen molar-refractivity contribution < 1.29 is 9.59 Å². The molecular formula is C12H13NO2. The predicted molar refractivity (Wildman–Crippen MR) is 56.1 cm³/mol. The van der Waals surface area contributed by atoms with E-state index in [4.69, 9.17) is 0 Å². The van der Waals surface area contributed by atoms with E-state index in [1.165, 1.54) is 0 Å². The van der Waals surface area contributed by atoms with E-state index in [1.54, 1.807) is 12.1 Å². The first-order valence-corrected chi connectivity index (χ1v) is 5.28. The summed E-state index contributed by atoms with van der Waals surface area (Å²) in [4.78, 5) is 27.2. The second kappa shape index (κ2) is 3.93. The number of pyridine rings is 1. The van der Waals surface area contributed by atoms with Crippen molar-refractivity contribution in [2.75, 3.05) is 0 Å². The van der Waals surface area contributed by atoms with Crippen LogP contribution in [0.4, 0.5) is 0 Å². The van der Waals surface area contributed by atoms with Gasteiger partial charge in [-0.1, -0.05) is 6.92 Å². The number of aromatic nitrogens is 1. The van der Waals surface area contributed by atoms with Crippen LogP contribution in [-0.2, 0) is 6.42 Å². The van der Waals surface area contributed by atoms with E-state index in [0.29, 0.717) is 24.1 Å². The summed E-state index contributed by atoms with van der Waals surface area (Å²) in [5, 5.41) is 0. The number of Topliss-reactive ketones (excluding diaryl/α,β-unsaturated/α-hetero) is 2.